The lowest BCUT2D eigenvalue weighted by Gasteiger charge is -2.14. The molecule has 0 radical (unpaired) electrons. The maximum absolute atomic E-state index is 11.5. The Morgan fingerprint density at radius 2 is 2.29 bits per heavy atom. The van der Waals surface area contributed by atoms with Crippen molar-refractivity contribution in [2.45, 2.75) is 18.9 Å². The molecule has 1 aliphatic rings. The number of hydrogen-bond acceptors (Lipinski definition) is 2. The number of amides is 1. The van der Waals surface area contributed by atoms with E-state index in [4.69, 9.17) is 11.6 Å². The summed E-state index contributed by atoms with van der Waals surface area (Å²) in [5.74, 6) is 0.0281. The number of likely N-dealkylation sites (N-methyl/N-ethyl adjacent to an activating group) is 1. The van der Waals surface area contributed by atoms with Gasteiger partial charge >= 0.3 is 0 Å². The zero-order chi connectivity index (χ0) is 11.5. The molecule has 1 aromatic rings. The van der Waals surface area contributed by atoms with Crippen molar-refractivity contribution in [2.24, 2.45) is 0 Å². The molecule has 0 saturated carbocycles. The van der Waals surface area contributed by atoms with Crippen molar-refractivity contribution in [1.29, 1.82) is 0 Å². The Morgan fingerprint density at radius 3 is 3.00 bits per heavy atom. The van der Waals surface area contributed by atoms with Gasteiger partial charge in [0.05, 0.1) is 12.6 Å². The first-order chi connectivity index (χ1) is 7.72. The lowest BCUT2D eigenvalue weighted by atomic mass is 10.1. The highest BCUT2D eigenvalue weighted by atomic mass is 35.5. The van der Waals surface area contributed by atoms with Crippen molar-refractivity contribution < 1.29 is 4.79 Å². The van der Waals surface area contributed by atoms with Crippen molar-refractivity contribution in [2.75, 3.05) is 13.6 Å². The largest absolute Gasteiger partial charge is 0.348 e. The SMILES string of the molecule is CNCC(=O)NC1CCc2c(Cl)cccc21.Cl. The molecular weight excluding hydrogens is 259 g/mol. The van der Waals surface area contributed by atoms with Gasteiger partial charge in [0, 0.05) is 5.02 Å². The van der Waals surface area contributed by atoms with Crippen LogP contribution in [-0.2, 0) is 11.2 Å². The normalized spacial score (nSPS) is 17.2. The first-order valence-corrected chi connectivity index (χ1v) is 5.81. The number of halogens is 2. The van der Waals surface area contributed by atoms with Crippen LogP contribution in [-0.4, -0.2) is 19.5 Å². The molecule has 94 valence electrons. The molecule has 0 spiro atoms. The second-order valence-corrected chi connectivity index (χ2v) is 4.40. The quantitative estimate of drug-likeness (QED) is 0.886. The average molecular weight is 275 g/mol. The van der Waals surface area contributed by atoms with Gasteiger partial charge in [-0.1, -0.05) is 23.7 Å². The standard InChI is InChI=1S/C12H15ClN2O.ClH/c1-14-7-12(16)15-11-6-5-8-9(11)3-2-4-10(8)13;/h2-4,11,14H,5-7H2,1H3,(H,15,16);1H. The summed E-state index contributed by atoms with van der Waals surface area (Å²) < 4.78 is 0. The Hall–Kier alpha value is -0.770. The molecule has 1 aromatic carbocycles. The van der Waals surface area contributed by atoms with E-state index in [9.17, 15) is 4.79 Å². The lowest BCUT2D eigenvalue weighted by Crippen LogP contribution is -2.34. The van der Waals surface area contributed by atoms with Crippen LogP contribution in [0.25, 0.3) is 0 Å². The van der Waals surface area contributed by atoms with Gasteiger partial charge < -0.3 is 10.6 Å². The summed E-state index contributed by atoms with van der Waals surface area (Å²) >= 11 is 6.11. The molecule has 0 bridgehead atoms. The van der Waals surface area contributed by atoms with Crippen molar-refractivity contribution >= 4 is 29.9 Å². The Bertz CT molecular complexity index is 409. The third-order valence-electron chi connectivity index (χ3n) is 2.89. The van der Waals surface area contributed by atoms with E-state index in [0.29, 0.717) is 6.54 Å². The Morgan fingerprint density at radius 1 is 1.53 bits per heavy atom. The maximum Gasteiger partial charge on any atom is 0.234 e. The highest BCUT2D eigenvalue weighted by Crippen LogP contribution is 2.35. The van der Waals surface area contributed by atoms with Crippen LogP contribution in [0.4, 0.5) is 0 Å². The van der Waals surface area contributed by atoms with Crippen molar-refractivity contribution in [3.8, 4) is 0 Å². The van der Waals surface area contributed by atoms with Crippen molar-refractivity contribution in [3.63, 3.8) is 0 Å². The molecule has 0 saturated heterocycles. The van der Waals surface area contributed by atoms with Gasteiger partial charge in [0.2, 0.25) is 5.91 Å². The van der Waals surface area contributed by atoms with Crippen LogP contribution in [0.15, 0.2) is 18.2 Å². The minimum atomic E-state index is 0. The average Bonchev–Trinajstić information content (AvgIpc) is 2.64. The summed E-state index contributed by atoms with van der Waals surface area (Å²) in [6.07, 6.45) is 1.88. The molecule has 1 unspecified atom stereocenters. The number of rotatable bonds is 3. The minimum absolute atomic E-state index is 0. The van der Waals surface area contributed by atoms with Gasteiger partial charge in [-0.25, -0.2) is 0 Å². The molecule has 0 fully saturated rings. The summed E-state index contributed by atoms with van der Waals surface area (Å²) in [7, 11) is 1.76. The zero-order valence-electron chi connectivity index (χ0n) is 9.63. The smallest absolute Gasteiger partial charge is 0.234 e. The van der Waals surface area contributed by atoms with Crippen LogP contribution in [0.3, 0.4) is 0 Å². The zero-order valence-corrected chi connectivity index (χ0v) is 11.2. The van der Waals surface area contributed by atoms with Gasteiger partial charge in [0.25, 0.3) is 0 Å². The van der Waals surface area contributed by atoms with E-state index in [1.54, 1.807) is 7.05 Å². The lowest BCUT2D eigenvalue weighted by molar-refractivity contribution is -0.120. The maximum atomic E-state index is 11.5. The molecule has 1 amide bonds. The van der Waals surface area contributed by atoms with Crippen LogP contribution in [0, 0.1) is 0 Å². The molecule has 3 nitrogen and oxygen atoms in total. The topological polar surface area (TPSA) is 41.1 Å². The Kier molecular flexibility index (Phi) is 5.25. The predicted molar refractivity (Wildman–Crippen MR) is 71.8 cm³/mol. The second-order valence-electron chi connectivity index (χ2n) is 4.00. The van der Waals surface area contributed by atoms with Crippen LogP contribution in [0.1, 0.15) is 23.6 Å². The number of carbonyl (C=O) groups is 1. The van der Waals surface area contributed by atoms with E-state index in [1.807, 2.05) is 18.2 Å². The van der Waals surface area contributed by atoms with Gasteiger partial charge in [-0.05, 0) is 37.1 Å². The Labute approximate surface area is 112 Å². The van der Waals surface area contributed by atoms with Crippen molar-refractivity contribution in [1.82, 2.24) is 10.6 Å². The fourth-order valence-electron chi connectivity index (χ4n) is 2.17. The third kappa shape index (κ3) is 3.12. The summed E-state index contributed by atoms with van der Waals surface area (Å²) in [6, 6.07) is 6.00. The van der Waals surface area contributed by atoms with Gasteiger partial charge in [0.15, 0.2) is 0 Å². The molecule has 0 aromatic heterocycles. The molecule has 2 rings (SSSR count). The second kappa shape index (κ2) is 6.24. The van der Waals surface area contributed by atoms with Crippen molar-refractivity contribution in [3.05, 3.63) is 34.3 Å². The molecule has 2 N–H and O–H groups in total. The molecule has 0 aliphatic heterocycles. The van der Waals surface area contributed by atoms with Crippen LogP contribution < -0.4 is 10.6 Å². The van der Waals surface area contributed by atoms with Crippen LogP contribution in [0.5, 0.6) is 0 Å². The van der Waals surface area contributed by atoms with Gasteiger partial charge in [-0.2, -0.15) is 0 Å². The van der Waals surface area contributed by atoms with Gasteiger partial charge in [-0.3, -0.25) is 4.79 Å². The monoisotopic (exact) mass is 274 g/mol. The summed E-state index contributed by atoms with van der Waals surface area (Å²) in [5, 5.41) is 6.65. The highest BCUT2D eigenvalue weighted by molar-refractivity contribution is 6.31. The Balaban J connectivity index is 0.00000144. The fourth-order valence-corrected chi connectivity index (χ4v) is 2.44. The molecule has 5 heteroatoms. The molecular formula is C12H16Cl2N2O. The number of carbonyl (C=O) groups excluding carboxylic acids is 1. The fraction of sp³-hybridized carbons (Fsp3) is 0.417. The van der Waals surface area contributed by atoms with E-state index >= 15 is 0 Å². The van der Waals surface area contributed by atoms with E-state index in [1.165, 1.54) is 5.56 Å². The number of benzene rings is 1. The number of hydrogen-bond donors (Lipinski definition) is 2. The number of nitrogens with one attached hydrogen (secondary N) is 2. The van der Waals surface area contributed by atoms with Crippen LogP contribution >= 0.6 is 24.0 Å². The van der Waals surface area contributed by atoms with E-state index < -0.39 is 0 Å². The van der Waals surface area contributed by atoms with E-state index in [-0.39, 0.29) is 24.4 Å². The summed E-state index contributed by atoms with van der Waals surface area (Å²) in [4.78, 5) is 11.5. The molecule has 17 heavy (non-hydrogen) atoms. The molecule has 0 heterocycles. The summed E-state index contributed by atoms with van der Waals surface area (Å²) in [5.41, 5.74) is 2.34. The molecule has 1 atom stereocenters. The molecule has 1 aliphatic carbocycles. The van der Waals surface area contributed by atoms with E-state index in [2.05, 4.69) is 10.6 Å². The minimum Gasteiger partial charge on any atom is -0.348 e. The first-order valence-electron chi connectivity index (χ1n) is 5.43. The first kappa shape index (κ1) is 14.3. The highest BCUT2D eigenvalue weighted by Gasteiger charge is 2.24. The van der Waals surface area contributed by atoms with Crippen LogP contribution in [0.2, 0.25) is 5.02 Å². The van der Waals surface area contributed by atoms with E-state index in [0.717, 1.165) is 23.4 Å². The summed E-state index contributed by atoms with van der Waals surface area (Å²) in [6.45, 7) is 0.354. The number of fused-ring (bicyclic) bond motifs is 1. The third-order valence-corrected chi connectivity index (χ3v) is 3.24. The van der Waals surface area contributed by atoms with Gasteiger partial charge in [-0.15, -0.1) is 12.4 Å². The van der Waals surface area contributed by atoms with Gasteiger partial charge in [0.1, 0.15) is 0 Å². The predicted octanol–water partition coefficient (Wildman–Crippen LogP) is 2.08.